The quantitative estimate of drug-likeness (QED) is 0.854. The van der Waals surface area contributed by atoms with Gasteiger partial charge in [0.1, 0.15) is 23.6 Å². The number of nitrogens with zero attached hydrogens (tertiary/aromatic N) is 3. The van der Waals surface area contributed by atoms with Gasteiger partial charge in [0.2, 0.25) is 5.88 Å². The van der Waals surface area contributed by atoms with E-state index >= 15 is 0 Å². The van der Waals surface area contributed by atoms with Crippen molar-refractivity contribution in [3.8, 4) is 11.6 Å². The predicted molar refractivity (Wildman–Crippen MR) is 86.0 cm³/mol. The van der Waals surface area contributed by atoms with Crippen LogP contribution < -0.4 is 9.47 Å². The number of carbonyl (C=O) groups is 2. The van der Waals surface area contributed by atoms with Crippen molar-refractivity contribution in [2.75, 3.05) is 13.7 Å². The highest BCUT2D eigenvalue weighted by Gasteiger charge is 2.41. The first-order valence-corrected chi connectivity index (χ1v) is 7.60. The number of rotatable bonds is 4. The van der Waals surface area contributed by atoms with Crippen LogP contribution >= 0.6 is 0 Å². The molecule has 3 rings (SSSR count). The first-order chi connectivity index (χ1) is 11.9. The molecule has 0 aliphatic carbocycles. The minimum atomic E-state index is -1.29. The molecule has 1 amide bonds. The van der Waals surface area contributed by atoms with Gasteiger partial charge >= 0.3 is 12.1 Å². The van der Waals surface area contributed by atoms with Crippen LogP contribution in [0.4, 0.5) is 4.79 Å². The first-order valence-electron chi connectivity index (χ1n) is 7.60. The SMILES string of the molecule is COc1ccc2nc(C)c(O[C@@H]3C[C@@H](C(=O)O)N(C(=O)O)C3)nc2c1. The van der Waals surface area contributed by atoms with Crippen molar-refractivity contribution >= 4 is 23.1 Å². The number of methoxy groups -OCH3 is 1. The van der Waals surface area contributed by atoms with E-state index in [0.717, 1.165) is 4.90 Å². The molecule has 0 radical (unpaired) electrons. The van der Waals surface area contributed by atoms with Gasteiger partial charge in [-0.2, -0.15) is 0 Å². The van der Waals surface area contributed by atoms with Gasteiger partial charge in [0.25, 0.3) is 0 Å². The minimum absolute atomic E-state index is 0.0381. The van der Waals surface area contributed by atoms with Crippen molar-refractivity contribution in [3.05, 3.63) is 23.9 Å². The largest absolute Gasteiger partial charge is 0.497 e. The average Bonchev–Trinajstić information content (AvgIpc) is 2.99. The van der Waals surface area contributed by atoms with Crippen LogP contribution in [-0.4, -0.2) is 62.9 Å². The zero-order valence-electron chi connectivity index (χ0n) is 13.7. The predicted octanol–water partition coefficient (Wildman–Crippen LogP) is 1.53. The number of aryl methyl sites for hydroxylation is 1. The maximum absolute atomic E-state index is 11.2. The highest BCUT2D eigenvalue weighted by atomic mass is 16.5. The fraction of sp³-hybridized carbons (Fsp3) is 0.375. The van der Waals surface area contributed by atoms with Crippen molar-refractivity contribution in [1.82, 2.24) is 14.9 Å². The van der Waals surface area contributed by atoms with Crippen molar-refractivity contribution in [2.24, 2.45) is 0 Å². The second-order valence-corrected chi connectivity index (χ2v) is 5.73. The molecule has 9 nitrogen and oxygen atoms in total. The summed E-state index contributed by atoms with van der Waals surface area (Å²) in [6, 6.07) is 4.14. The van der Waals surface area contributed by atoms with Gasteiger partial charge in [-0.3, -0.25) is 4.90 Å². The lowest BCUT2D eigenvalue weighted by molar-refractivity contribution is -0.141. The minimum Gasteiger partial charge on any atom is -0.497 e. The maximum atomic E-state index is 11.2. The van der Waals surface area contributed by atoms with Gasteiger partial charge in [0.05, 0.1) is 24.7 Å². The average molecular weight is 347 g/mol. The smallest absolute Gasteiger partial charge is 0.408 e. The molecule has 2 aromatic rings. The summed E-state index contributed by atoms with van der Waals surface area (Å²) in [5, 5.41) is 18.3. The third-order valence-corrected chi connectivity index (χ3v) is 4.07. The lowest BCUT2D eigenvalue weighted by atomic mass is 10.2. The number of amides is 1. The Hall–Kier alpha value is -3.10. The van der Waals surface area contributed by atoms with Crippen LogP contribution in [0.25, 0.3) is 11.0 Å². The molecule has 0 unspecified atom stereocenters. The Morgan fingerprint density at radius 3 is 2.60 bits per heavy atom. The van der Waals surface area contributed by atoms with E-state index in [4.69, 9.17) is 19.7 Å². The highest BCUT2D eigenvalue weighted by Crippen LogP contribution is 2.26. The molecule has 9 heteroatoms. The highest BCUT2D eigenvalue weighted by molar-refractivity contribution is 5.80. The van der Waals surface area contributed by atoms with Crippen LogP contribution in [0.15, 0.2) is 18.2 Å². The van der Waals surface area contributed by atoms with Crippen molar-refractivity contribution < 1.29 is 29.3 Å². The number of aliphatic carboxylic acids is 1. The molecule has 25 heavy (non-hydrogen) atoms. The van der Waals surface area contributed by atoms with E-state index < -0.39 is 24.2 Å². The summed E-state index contributed by atoms with van der Waals surface area (Å²) in [5.74, 6) is -0.317. The Balaban J connectivity index is 1.86. The van der Waals surface area contributed by atoms with E-state index in [1.807, 2.05) is 0 Å². The number of ether oxygens (including phenoxy) is 2. The van der Waals surface area contributed by atoms with E-state index in [1.165, 1.54) is 0 Å². The number of carboxylic acid groups (broad SMARTS) is 2. The van der Waals surface area contributed by atoms with Crippen molar-refractivity contribution in [3.63, 3.8) is 0 Å². The van der Waals surface area contributed by atoms with Crippen LogP contribution in [0, 0.1) is 6.92 Å². The molecule has 132 valence electrons. The standard InChI is InChI=1S/C16H17N3O6/c1-8-14(18-12-5-9(24-2)3-4-11(12)17-8)25-10-6-13(15(20)21)19(7-10)16(22)23/h3-5,10,13H,6-7H2,1-2H3,(H,20,21)(H,22,23)/t10-,13+/m1/s1. The monoisotopic (exact) mass is 347 g/mol. The Morgan fingerprint density at radius 2 is 2.00 bits per heavy atom. The lowest BCUT2D eigenvalue weighted by Gasteiger charge is -2.16. The first kappa shape index (κ1) is 16.7. The molecule has 1 fully saturated rings. The molecule has 2 atom stereocenters. The summed E-state index contributed by atoms with van der Waals surface area (Å²) >= 11 is 0. The zero-order chi connectivity index (χ0) is 18.1. The van der Waals surface area contributed by atoms with E-state index in [1.54, 1.807) is 32.2 Å². The number of likely N-dealkylation sites (tertiary alicyclic amines) is 1. The molecule has 1 aromatic carbocycles. The number of hydrogen-bond donors (Lipinski definition) is 2. The molecule has 1 aromatic heterocycles. The van der Waals surface area contributed by atoms with E-state index in [9.17, 15) is 9.59 Å². The summed E-state index contributed by atoms with van der Waals surface area (Å²) in [5.41, 5.74) is 1.79. The van der Waals surface area contributed by atoms with E-state index in [2.05, 4.69) is 9.97 Å². The van der Waals surface area contributed by atoms with Crippen molar-refractivity contribution in [2.45, 2.75) is 25.5 Å². The topological polar surface area (TPSA) is 122 Å². The van der Waals surface area contributed by atoms with Gasteiger partial charge < -0.3 is 19.7 Å². The summed E-state index contributed by atoms with van der Waals surface area (Å²) in [4.78, 5) is 32.1. The third-order valence-electron chi connectivity index (χ3n) is 4.07. The molecular formula is C16H17N3O6. The van der Waals surface area contributed by atoms with E-state index in [-0.39, 0.29) is 18.8 Å². The molecule has 0 bridgehead atoms. The number of aromatic nitrogens is 2. The fourth-order valence-electron chi connectivity index (χ4n) is 2.83. The summed E-state index contributed by atoms with van der Waals surface area (Å²) in [6.45, 7) is 1.69. The molecule has 0 spiro atoms. The van der Waals surface area contributed by atoms with Gasteiger partial charge in [-0.1, -0.05) is 0 Å². The molecule has 2 N–H and O–H groups in total. The van der Waals surface area contributed by atoms with E-state index in [0.29, 0.717) is 22.5 Å². The summed E-state index contributed by atoms with van der Waals surface area (Å²) in [6.07, 6.45) is -1.84. The summed E-state index contributed by atoms with van der Waals surface area (Å²) < 4.78 is 10.9. The Bertz CT molecular complexity index is 818. The molecule has 0 saturated carbocycles. The maximum Gasteiger partial charge on any atom is 0.408 e. The van der Waals surface area contributed by atoms with Crippen LogP contribution in [0.5, 0.6) is 11.6 Å². The zero-order valence-corrected chi connectivity index (χ0v) is 13.7. The number of carboxylic acids is 1. The van der Waals surface area contributed by atoms with Crippen LogP contribution in [-0.2, 0) is 4.79 Å². The summed E-state index contributed by atoms with van der Waals surface area (Å²) in [7, 11) is 1.55. The van der Waals surface area contributed by atoms with Gasteiger partial charge in [-0.15, -0.1) is 0 Å². The molecule has 2 heterocycles. The van der Waals surface area contributed by atoms with Crippen molar-refractivity contribution in [1.29, 1.82) is 0 Å². The lowest BCUT2D eigenvalue weighted by Crippen LogP contribution is -2.39. The number of benzene rings is 1. The van der Waals surface area contributed by atoms with Gasteiger partial charge in [-0.05, 0) is 19.1 Å². The molecular weight excluding hydrogens is 330 g/mol. The number of hydrogen-bond acceptors (Lipinski definition) is 6. The van der Waals surface area contributed by atoms with Gasteiger partial charge in [0, 0.05) is 12.5 Å². The molecule has 1 aliphatic rings. The normalized spacial score (nSPS) is 19.8. The Labute approximate surface area is 142 Å². The number of fused-ring (bicyclic) bond motifs is 1. The Kier molecular flexibility index (Phi) is 4.30. The fourth-order valence-corrected chi connectivity index (χ4v) is 2.83. The molecule has 1 aliphatic heterocycles. The Morgan fingerprint density at radius 1 is 1.24 bits per heavy atom. The van der Waals surface area contributed by atoms with Crippen LogP contribution in [0.2, 0.25) is 0 Å². The second kappa shape index (κ2) is 6.42. The van der Waals surface area contributed by atoms with Crippen LogP contribution in [0.3, 0.4) is 0 Å². The van der Waals surface area contributed by atoms with Crippen LogP contribution in [0.1, 0.15) is 12.1 Å². The second-order valence-electron chi connectivity index (χ2n) is 5.73. The molecule has 1 saturated heterocycles. The third kappa shape index (κ3) is 3.25. The van der Waals surface area contributed by atoms with Gasteiger partial charge in [0.15, 0.2) is 0 Å². The van der Waals surface area contributed by atoms with Gasteiger partial charge in [-0.25, -0.2) is 19.6 Å².